The van der Waals surface area contributed by atoms with Crippen LogP contribution in [0.4, 0.5) is 0 Å². The summed E-state index contributed by atoms with van der Waals surface area (Å²) in [7, 11) is 0. The highest BCUT2D eigenvalue weighted by Crippen LogP contribution is 2.26. The number of rotatable bonds is 3. The van der Waals surface area contributed by atoms with Crippen LogP contribution in [0.2, 0.25) is 5.02 Å². The van der Waals surface area contributed by atoms with Crippen LogP contribution in [0.5, 0.6) is 0 Å². The van der Waals surface area contributed by atoms with E-state index in [4.69, 9.17) is 16.9 Å². The molecule has 0 spiro atoms. The van der Waals surface area contributed by atoms with Gasteiger partial charge in [0.1, 0.15) is 11.1 Å². The summed E-state index contributed by atoms with van der Waals surface area (Å²) in [6.45, 7) is 5.42. The van der Waals surface area contributed by atoms with Crippen LogP contribution in [0.15, 0.2) is 23.7 Å². The third-order valence-corrected chi connectivity index (χ3v) is 2.98. The first-order valence-electron chi connectivity index (χ1n) is 4.00. The van der Waals surface area contributed by atoms with Gasteiger partial charge >= 0.3 is 0 Å². The average molecular weight is 225 g/mol. The monoisotopic (exact) mass is 224 g/mol. The second kappa shape index (κ2) is 5.04. The number of hydrogen-bond donors (Lipinski definition) is 0. The molecule has 4 heteroatoms. The van der Waals surface area contributed by atoms with E-state index < -0.39 is 0 Å². The standard InChI is InChI=1S/C10H9ClN2S/c1-3-4-14-10-9(11)5-8(6-12)7(2)13-10/h3,5H,1,4H2,2H3. The second-order valence-corrected chi connectivity index (χ2v) is 4.04. The summed E-state index contributed by atoms with van der Waals surface area (Å²) < 4.78 is 0. The Balaban J connectivity index is 3.03. The fourth-order valence-electron chi connectivity index (χ4n) is 0.911. The summed E-state index contributed by atoms with van der Waals surface area (Å²) in [6, 6.07) is 3.69. The van der Waals surface area contributed by atoms with E-state index in [-0.39, 0.29) is 0 Å². The van der Waals surface area contributed by atoms with Crippen LogP contribution < -0.4 is 0 Å². The molecule has 0 aliphatic heterocycles. The van der Waals surface area contributed by atoms with Gasteiger partial charge in [-0.05, 0) is 13.0 Å². The number of thioether (sulfide) groups is 1. The first-order valence-corrected chi connectivity index (χ1v) is 5.36. The Kier molecular flexibility index (Phi) is 3.99. The maximum absolute atomic E-state index is 8.74. The van der Waals surface area contributed by atoms with Gasteiger partial charge < -0.3 is 0 Å². The molecule has 72 valence electrons. The topological polar surface area (TPSA) is 36.7 Å². The molecule has 0 fully saturated rings. The molecule has 0 radical (unpaired) electrons. The molecular formula is C10H9ClN2S. The highest BCUT2D eigenvalue weighted by atomic mass is 35.5. The summed E-state index contributed by atoms with van der Waals surface area (Å²) in [5.41, 5.74) is 1.24. The van der Waals surface area contributed by atoms with E-state index >= 15 is 0 Å². The van der Waals surface area contributed by atoms with Gasteiger partial charge in [-0.15, -0.1) is 18.3 Å². The highest BCUT2D eigenvalue weighted by Gasteiger charge is 2.06. The molecule has 1 aromatic heterocycles. The van der Waals surface area contributed by atoms with E-state index in [9.17, 15) is 0 Å². The molecule has 0 saturated carbocycles. The molecule has 0 atom stereocenters. The Morgan fingerprint density at radius 2 is 2.50 bits per heavy atom. The maximum atomic E-state index is 8.74. The Bertz CT molecular complexity index is 396. The first-order chi connectivity index (χ1) is 6.69. The van der Waals surface area contributed by atoms with E-state index in [2.05, 4.69) is 11.6 Å². The van der Waals surface area contributed by atoms with Crippen LogP contribution in [-0.4, -0.2) is 10.7 Å². The molecule has 0 bridgehead atoms. The molecule has 1 heterocycles. The van der Waals surface area contributed by atoms with E-state index in [0.29, 0.717) is 16.3 Å². The molecule has 1 aromatic rings. The molecule has 1 rings (SSSR count). The number of aromatic nitrogens is 1. The van der Waals surface area contributed by atoms with Crippen molar-refractivity contribution in [3.63, 3.8) is 0 Å². The quantitative estimate of drug-likeness (QED) is 0.585. The predicted octanol–water partition coefficient (Wildman–Crippen LogP) is 3.19. The summed E-state index contributed by atoms with van der Waals surface area (Å²) in [4.78, 5) is 4.24. The van der Waals surface area contributed by atoms with Gasteiger partial charge in [0, 0.05) is 5.75 Å². The minimum Gasteiger partial charge on any atom is -0.244 e. The number of hydrogen-bond acceptors (Lipinski definition) is 3. The predicted molar refractivity (Wildman–Crippen MR) is 59.6 cm³/mol. The van der Waals surface area contributed by atoms with Crippen molar-refractivity contribution in [3.8, 4) is 6.07 Å². The lowest BCUT2D eigenvalue weighted by Crippen LogP contribution is -1.91. The van der Waals surface area contributed by atoms with Gasteiger partial charge in [-0.2, -0.15) is 5.26 Å². The van der Waals surface area contributed by atoms with Gasteiger partial charge in [-0.1, -0.05) is 17.7 Å². The zero-order valence-electron chi connectivity index (χ0n) is 7.75. The molecular weight excluding hydrogens is 216 g/mol. The molecule has 0 N–H and O–H groups in total. The van der Waals surface area contributed by atoms with Crippen molar-refractivity contribution < 1.29 is 0 Å². The van der Waals surface area contributed by atoms with Crippen LogP contribution in [-0.2, 0) is 0 Å². The maximum Gasteiger partial charge on any atom is 0.115 e. The van der Waals surface area contributed by atoms with Crippen LogP contribution in [0.25, 0.3) is 0 Å². The largest absolute Gasteiger partial charge is 0.244 e. The van der Waals surface area contributed by atoms with Crippen LogP contribution in [0.3, 0.4) is 0 Å². The summed E-state index contributed by atoms with van der Waals surface area (Å²) in [5, 5.41) is 10.0. The van der Waals surface area contributed by atoms with Crippen LogP contribution in [0.1, 0.15) is 11.3 Å². The first kappa shape index (κ1) is 11.1. The van der Waals surface area contributed by atoms with Gasteiger partial charge in [0.05, 0.1) is 16.3 Å². The highest BCUT2D eigenvalue weighted by molar-refractivity contribution is 7.99. The Labute approximate surface area is 92.6 Å². The van der Waals surface area contributed by atoms with Gasteiger partial charge in [-0.3, -0.25) is 0 Å². The number of halogens is 1. The van der Waals surface area contributed by atoms with Crippen molar-refractivity contribution in [3.05, 3.63) is 35.0 Å². The van der Waals surface area contributed by atoms with Crippen molar-refractivity contribution in [2.45, 2.75) is 11.9 Å². The van der Waals surface area contributed by atoms with Gasteiger partial charge in [0.2, 0.25) is 0 Å². The van der Waals surface area contributed by atoms with Crippen LogP contribution >= 0.6 is 23.4 Å². The number of pyridine rings is 1. The number of nitrogens with zero attached hydrogens (tertiary/aromatic N) is 2. The SMILES string of the molecule is C=CCSc1nc(C)c(C#N)cc1Cl. The zero-order valence-corrected chi connectivity index (χ0v) is 9.32. The molecule has 0 amide bonds. The van der Waals surface area contributed by atoms with Crippen molar-refractivity contribution in [1.29, 1.82) is 5.26 Å². The molecule has 0 aliphatic carbocycles. The lowest BCUT2D eigenvalue weighted by molar-refractivity contribution is 1.05. The lowest BCUT2D eigenvalue weighted by Gasteiger charge is -2.03. The summed E-state index contributed by atoms with van der Waals surface area (Å²) in [6.07, 6.45) is 1.79. The summed E-state index contributed by atoms with van der Waals surface area (Å²) in [5.74, 6) is 0.762. The van der Waals surface area contributed by atoms with Crippen molar-refractivity contribution in [1.82, 2.24) is 4.98 Å². The van der Waals surface area contributed by atoms with Crippen LogP contribution in [0, 0.1) is 18.3 Å². The Morgan fingerprint density at radius 1 is 1.79 bits per heavy atom. The minimum atomic E-state index is 0.526. The minimum absolute atomic E-state index is 0.526. The van der Waals surface area contributed by atoms with E-state index in [1.165, 1.54) is 11.8 Å². The molecule has 0 saturated heterocycles. The number of nitriles is 1. The van der Waals surface area contributed by atoms with Crippen molar-refractivity contribution >= 4 is 23.4 Å². The van der Waals surface area contributed by atoms with Gasteiger partial charge in [0.25, 0.3) is 0 Å². The van der Waals surface area contributed by atoms with Crippen molar-refractivity contribution in [2.24, 2.45) is 0 Å². The fraction of sp³-hybridized carbons (Fsp3) is 0.200. The van der Waals surface area contributed by atoms with Crippen molar-refractivity contribution in [2.75, 3.05) is 5.75 Å². The third-order valence-electron chi connectivity index (χ3n) is 1.59. The molecule has 2 nitrogen and oxygen atoms in total. The average Bonchev–Trinajstić information content (AvgIpc) is 2.18. The summed E-state index contributed by atoms with van der Waals surface area (Å²) >= 11 is 7.46. The smallest absolute Gasteiger partial charge is 0.115 e. The third kappa shape index (κ3) is 2.50. The van der Waals surface area contributed by atoms with Gasteiger partial charge in [-0.25, -0.2) is 4.98 Å². The fourth-order valence-corrected chi connectivity index (χ4v) is 1.90. The second-order valence-electron chi connectivity index (χ2n) is 2.62. The van der Waals surface area contributed by atoms with E-state index in [1.807, 2.05) is 6.07 Å². The normalized spacial score (nSPS) is 9.50. The Hall–Kier alpha value is -0.980. The molecule has 0 aliphatic rings. The lowest BCUT2D eigenvalue weighted by atomic mass is 10.2. The molecule has 0 aromatic carbocycles. The Morgan fingerprint density at radius 3 is 3.07 bits per heavy atom. The zero-order chi connectivity index (χ0) is 10.6. The molecule has 14 heavy (non-hydrogen) atoms. The van der Waals surface area contributed by atoms with E-state index in [1.54, 1.807) is 19.1 Å². The van der Waals surface area contributed by atoms with Gasteiger partial charge in [0.15, 0.2) is 0 Å². The number of aryl methyl sites for hydroxylation is 1. The molecule has 0 unspecified atom stereocenters. The van der Waals surface area contributed by atoms with E-state index in [0.717, 1.165) is 10.8 Å².